The number of amides is 2. The van der Waals surface area contributed by atoms with E-state index in [4.69, 9.17) is 4.74 Å². The number of methoxy groups -OCH3 is 1. The number of aryl methyl sites for hydroxylation is 2. The normalized spacial score (nSPS) is 16.8. The van der Waals surface area contributed by atoms with Crippen LogP contribution >= 0.6 is 0 Å². The van der Waals surface area contributed by atoms with Gasteiger partial charge >= 0.3 is 12.0 Å². The van der Waals surface area contributed by atoms with Gasteiger partial charge in [-0.05, 0) is 36.6 Å². The highest BCUT2D eigenvalue weighted by molar-refractivity contribution is 7.91. The molecular formula is C21H22N2O5S. The van der Waals surface area contributed by atoms with Gasteiger partial charge in [-0.15, -0.1) is 0 Å². The van der Waals surface area contributed by atoms with E-state index in [2.05, 4.69) is 10.6 Å². The molecule has 0 aliphatic carbocycles. The van der Waals surface area contributed by atoms with Gasteiger partial charge in [0.15, 0.2) is 9.84 Å². The van der Waals surface area contributed by atoms with Gasteiger partial charge in [-0.1, -0.05) is 42.5 Å². The minimum Gasteiger partial charge on any atom is -0.466 e. The molecule has 0 aromatic heterocycles. The van der Waals surface area contributed by atoms with Gasteiger partial charge in [0.25, 0.3) is 0 Å². The Kier molecular flexibility index (Phi) is 5.74. The zero-order chi connectivity index (χ0) is 21.2. The third-order valence-corrected chi connectivity index (χ3v) is 6.48. The molecule has 29 heavy (non-hydrogen) atoms. The average molecular weight is 414 g/mol. The van der Waals surface area contributed by atoms with Crippen molar-refractivity contribution in [2.75, 3.05) is 12.9 Å². The predicted octanol–water partition coefficient (Wildman–Crippen LogP) is 2.56. The number of sulfone groups is 1. The molecule has 2 amide bonds. The summed E-state index contributed by atoms with van der Waals surface area (Å²) in [6.45, 7) is 3.51. The Hall–Kier alpha value is -3.13. The Morgan fingerprint density at radius 2 is 1.79 bits per heavy atom. The standard InChI is InChI=1S/C21H22N2O5S/c1-13-9-10-14(2)17(11-13)29(26,27)12-16-18(20(24)28-3)19(23-21(25)22-16)15-7-5-4-6-8-15/h4-11,19H,12H2,1-3H3,(H2,22,23,25)/t19-/m0/s1. The topological polar surface area (TPSA) is 102 Å². The van der Waals surface area contributed by atoms with E-state index < -0.39 is 33.6 Å². The second-order valence-corrected chi connectivity index (χ2v) is 8.81. The number of rotatable bonds is 5. The number of benzene rings is 2. The highest BCUT2D eigenvalue weighted by atomic mass is 32.2. The first-order chi connectivity index (χ1) is 13.7. The maximum atomic E-state index is 13.1. The number of hydrogen-bond donors (Lipinski definition) is 2. The fraction of sp³-hybridized carbons (Fsp3) is 0.238. The largest absolute Gasteiger partial charge is 0.466 e. The van der Waals surface area contributed by atoms with Crippen molar-refractivity contribution in [3.63, 3.8) is 0 Å². The second kappa shape index (κ2) is 8.08. The van der Waals surface area contributed by atoms with Crippen molar-refractivity contribution in [2.45, 2.75) is 24.8 Å². The summed E-state index contributed by atoms with van der Waals surface area (Å²) in [6.07, 6.45) is 0. The molecule has 0 saturated carbocycles. The molecule has 152 valence electrons. The molecule has 0 fully saturated rings. The van der Waals surface area contributed by atoms with Crippen LogP contribution in [-0.4, -0.2) is 33.3 Å². The van der Waals surface area contributed by atoms with Crippen molar-refractivity contribution >= 4 is 21.8 Å². The van der Waals surface area contributed by atoms with Crippen molar-refractivity contribution in [2.24, 2.45) is 0 Å². The average Bonchev–Trinajstić information content (AvgIpc) is 2.69. The van der Waals surface area contributed by atoms with E-state index in [1.165, 1.54) is 7.11 Å². The van der Waals surface area contributed by atoms with Crippen molar-refractivity contribution in [3.05, 3.63) is 76.5 Å². The van der Waals surface area contributed by atoms with Crippen LogP contribution in [0, 0.1) is 13.8 Å². The fourth-order valence-corrected chi connectivity index (χ4v) is 4.98. The Labute approximate surface area is 169 Å². The SMILES string of the molecule is COC(=O)C1=C(CS(=O)(=O)c2cc(C)ccc2C)NC(=O)N[C@H]1c1ccccc1. The van der Waals surface area contributed by atoms with Gasteiger partial charge < -0.3 is 15.4 Å². The first kappa shape index (κ1) is 20.6. The Balaban J connectivity index is 2.12. The Bertz CT molecular complexity index is 1090. The first-order valence-corrected chi connectivity index (χ1v) is 10.6. The molecule has 1 atom stereocenters. The molecule has 2 N–H and O–H groups in total. The van der Waals surface area contributed by atoms with Crippen LogP contribution in [-0.2, 0) is 19.4 Å². The predicted molar refractivity (Wildman–Crippen MR) is 108 cm³/mol. The third kappa shape index (κ3) is 4.32. The third-order valence-electron chi connectivity index (χ3n) is 4.70. The van der Waals surface area contributed by atoms with Crippen LogP contribution in [0.1, 0.15) is 22.7 Å². The van der Waals surface area contributed by atoms with Crippen molar-refractivity contribution in [1.82, 2.24) is 10.6 Å². The van der Waals surface area contributed by atoms with E-state index in [-0.39, 0.29) is 16.2 Å². The van der Waals surface area contributed by atoms with Crippen LogP contribution in [0.2, 0.25) is 0 Å². The van der Waals surface area contributed by atoms with Gasteiger partial charge in [0, 0.05) is 5.70 Å². The molecule has 2 aromatic carbocycles. The quantitative estimate of drug-likeness (QED) is 0.732. The Morgan fingerprint density at radius 3 is 2.45 bits per heavy atom. The Morgan fingerprint density at radius 1 is 1.10 bits per heavy atom. The minimum atomic E-state index is -3.82. The second-order valence-electron chi connectivity index (χ2n) is 6.85. The van der Waals surface area contributed by atoms with Crippen LogP contribution < -0.4 is 10.6 Å². The number of ether oxygens (including phenoxy) is 1. The van der Waals surface area contributed by atoms with Gasteiger partial charge in [-0.25, -0.2) is 18.0 Å². The van der Waals surface area contributed by atoms with Crippen LogP contribution in [0.15, 0.2) is 64.7 Å². The number of esters is 1. The van der Waals surface area contributed by atoms with Crippen molar-refractivity contribution in [1.29, 1.82) is 0 Å². The van der Waals surface area contributed by atoms with Crippen LogP contribution in [0.4, 0.5) is 4.79 Å². The number of hydrogen-bond acceptors (Lipinski definition) is 5. The number of nitrogens with one attached hydrogen (secondary N) is 2. The van der Waals surface area contributed by atoms with Gasteiger partial charge in [-0.3, -0.25) is 0 Å². The van der Waals surface area contributed by atoms with Crippen molar-refractivity contribution in [3.8, 4) is 0 Å². The summed E-state index contributed by atoms with van der Waals surface area (Å²) in [4.78, 5) is 25.0. The van der Waals surface area contributed by atoms with Gasteiger partial charge in [0.05, 0.1) is 29.4 Å². The highest BCUT2D eigenvalue weighted by Crippen LogP contribution is 2.29. The molecule has 1 aliphatic heterocycles. The van der Waals surface area contributed by atoms with Crippen LogP contribution in [0.5, 0.6) is 0 Å². The van der Waals surface area contributed by atoms with E-state index in [9.17, 15) is 18.0 Å². The summed E-state index contributed by atoms with van der Waals surface area (Å²) < 4.78 is 31.1. The molecule has 0 unspecified atom stereocenters. The van der Waals surface area contributed by atoms with E-state index in [1.54, 1.807) is 56.3 Å². The monoisotopic (exact) mass is 414 g/mol. The minimum absolute atomic E-state index is 0.00959. The van der Waals surface area contributed by atoms with Crippen LogP contribution in [0.25, 0.3) is 0 Å². The van der Waals surface area contributed by atoms with Gasteiger partial charge in [0.1, 0.15) is 0 Å². The lowest BCUT2D eigenvalue weighted by molar-refractivity contribution is -0.136. The fourth-order valence-electron chi connectivity index (χ4n) is 3.29. The molecule has 7 nitrogen and oxygen atoms in total. The summed E-state index contributed by atoms with van der Waals surface area (Å²) in [5, 5.41) is 5.16. The van der Waals surface area contributed by atoms with Gasteiger partial charge in [-0.2, -0.15) is 0 Å². The lowest BCUT2D eigenvalue weighted by atomic mass is 9.96. The molecule has 0 spiro atoms. The smallest absolute Gasteiger partial charge is 0.338 e. The van der Waals surface area contributed by atoms with E-state index in [1.807, 2.05) is 6.07 Å². The molecule has 1 aliphatic rings. The summed E-state index contributed by atoms with van der Waals surface area (Å²) in [7, 11) is -2.61. The molecule has 2 aromatic rings. The molecule has 0 radical (unpaired) electrons. The summed E-state index contributed by atoms with van der Waals surface area (Å²) >= 11 is 0. The van der Waals surface area contributed by atoms with E-state index in [0.717, 1.165) is 5.56 Å². The molecule has 8 heteroatoms. The zero-order valence-corrected chi connectivity index (χ0v) is 17.2. The molecule has 1 heterocycles. The van der Waals surface area contributed by atoms with Crippen LogP contribution in [0.3, 0.4) is 0 Å². The van der Waals surface area contributed by atoms with E-state index >= 15 is 0 Å². The molecule has 0 bridgehead atoms. The zero-order valence-electron chi connectivity index (χ0n) is 16.4. The number of urea groups is 1. The molecular weight excluding hydrogens is 392 g/mol. The first-order valence-electron chi connectivity index (χ1n) is 8.97. The highest BCUT2D eigenvalue weighted by Gasteiger charge is 2.35. The number of carbonyl (C=O) groups is 2. The lowest BCUT2D eigenvalue weighted by Gasteiger charge is -2.29. The summed E-state index contributed by atoms with van der Waals surface area (Å²) in [5.74, 6) is -1.24. The van der Waals surface area contributed by atoms with Crippen molar-refractivity contribution < 1.29 is 22.7 Å². The summed E-state index contributed by atoms with van der Waals surface area (Å²) in [5.41, 5.74) is 2.11. The number of carbonyl (C=O) groups excluding carboxylic acids is 2. The molecule has 0 saturated heterocycles. The maximum Gasteiger partial charge on any atom is 0.338 e. The lowest BCUT2D eigenvalue weighted by Crippen LogP contribution is -2.47. The van der Waals surface area contributed by atoms with Gasteiger partial charge in [0.2, 0.25) is 0 Å². The maximum absolute atomic E-state index is 13.1. The summed E-state index contributed by atoms with van der Waals surface area (Å²) in [6, 6.07) is 12.6. The molecule has 3 rings (SSSR count). The van der Waals surface area contributed by atoms with E-state index in [0.29, 0.717) is 11.1 Å².